The van der Waals surface area contributed by atoms with Crippen LogP contribution in [0.25, 0.3) is 0 Å². The molecule has 1 heterocycles. The molecule has 0 radical (unpaired) electrons. The monoisotopic (exact) mass is 812 g/mol. The highest BCUT2D eigenvalue weighted by atomic mass is 32.3. The zero-order chi connectivity index (χ0) is 41.1. The first-order chi connectivity index (χ1) is 27.1. The highest BCUT2D eigenvalue weighted by molar-refractivity contribution is 7.80. The van der Waals surface area contributed by atoms with Crippen LogP contribution in [0.5, 0.6) is 0 Å². The Morgan fingerprint density at radius 3 is 1.77 bits per heavy atom. The van der Waals surface area contributed by atoms with Gasteiger partial charge in [-0.2, -0.15) is 8.42 Å². The van der Waals surface area contributed by atoms with Crippen LogP contribution in [0, 0.1) is 0 Å². The van der Waals surface area contributed by atoms with Gasteiger partial charge in [0.25, 0.3) is 0 Å². The summed E-state index contributed by atoms with van der Waals surface area (Å²) in [6.45, 7) is 3.62. The number of unbranched alkanes of at least 4 members (excludes halogenated alkanes) is 9. The average molecular weight is 813 g/mol. The Morgan fingerprint density at radius 1 is 0.696 bits per heavy atom. The molecule has 0 bridgehead atoms. The van der Waals surface area contributed by atoms with Crippen LogP contribution in [0.1, 0.15) is 129 Å². The topological polar surface area (TPSA) is 178 Å². The molecule has 0 amide bonds. The van der Waals surface area contributed by atoms with Crippen molar-refractivity contribution in [2.24, 2.45) is 0 Å². The van der Waals surface area contributed by atoms with Gasteiger partial charge >= 0.3 is 16.4 Å². The van der Waals surface area contributed by atoms with Crippen LogP contribution in [0.3, 0.4) is 0 Å². The van der Waals surface area contributed by atoms with Gasteiger partial charge in [0.1, 0.15) is 30.5 Å². The van der Waals surface area contributed by atoms with Crippen LogP contribution in [-0.2, 0) is 38.3 Å². The molecular formula is C43H72O12S. The first-order valence-electron chi connectivity index (χ1n) is 20.7. The summed E-state index contributed by atoms with van der Waals surface area (Å²) in [5.41, 5.74) is 0. The van der Waals surface area contributed by atoms with Gasteiger partial charge in [-0.15, -0.1) is 0 Å². The van der Waals surface area contributed by atoms with Gasteiger partial charge in [0, 0.05) is 13.0 Å². The van der Waals surface area contributed by atoms with Crippen molar-refractivity contribution < 1.29 is 56.2 Å². The number of carbonyl (C=O) groups excluding carboxylic acids is 1. The summed E-state index contributed by atoms with van der Waals surface area (Å²) in [6, 6.07) is 0. The number of ether oxygens (including phenoxy) is 4. The van der Waals surface area contributed by atoms with Gasteiger partial charge in [-0.3, -0.25) is 9.35 Å². The second-order valence-corrected chi connectivity index (χ2v) is 14.9. The number of hydrogen-bond donors (Lipinski definition) is 4. The van der Waals surface area contributed by atoms with Crippen LogP contribution in [0.2, 0.25) is 0 Å². The maximum atomic E-state index is 12.4. The quantitative estimate of drug-likeness (QED) is 0.0214. The number of esters is 1. The zero-order valence-electron chi connectivity index (χ0n) is 33.9. The molecule has 0 saturated carbocycles. The van der Waals surface area contributed by atoms with E-state index in [0.29, 0.717) is 13.0 Å². The van der Waals surface area contributed by atoms with E-state index in [1.807, 2.05) is 6.92 Å². The molecule has 12 nitrogen and oxygen atoms in total. The first kappa shape index (κ1) is 51.6. The van der Waals surface area contributed by atoms with Gasteiger partial charge in [0.15, 0.2) is 6.29 Å². The lowest BCUT2D eigenvalue weighted by atomic mass is 9.99. The maximum Gasteiger partial charge on any atom is 0.397 e. The molecule has 56 heavy (non-hydrogen) atoms. The highest BCUT2D eigenvalue weighted by Gasteiger charge is 2.48. The molecule has 1 rings (SSSR count). The molecule has 0 aromatic heterocycles. The molecule has 6 atom stereocenters. The van der Waals surface area contributed by atoms with Gasteiger partial charge in [-0.05, 0) is 64.2 Å². The fourth-order valence-electron chi connectivity index (χ4n) is 5.73. The van der Waals surface area contributed by atoms with Crippen LogP contribution >= 0.6 is 0 Å². The van der Waals surface area contributed by atoms with E-state index in [1.54, 1.807) is 0 Å². The molecule has 6 unspecified atom stereocenters. The van der Waals surface area contributed by atoms with Crippen molar-refractivity contribution in [2.45, 2.75) is 166 Å². The minimum Gasteiger partial charge on any atom is -0.457 e. The number of rotatable bonds is 34. The van der Waals surface area contributed by atoms with Gasteiger partial charge in [-0.25, -0.2) is 4.18 Å². The van der Waals surface area contributed by atoms with E-state index in [9.17, 15) is 28.5 Å². The third kappa shape index (κ3) is 28.0. The molecule has 1 aliphatic rings. The zero-order valence-corrected chi connectivity index (χ0v) is 34.7. The molecule has 13 heteroatoms. The van der Waals surface area contributed by atoms with Crippen LogP contribution in [-0.4, -0.2) is 97.5 Å². The van der Waals surface area contributed by atoms with Crippen molar-refractivity contribution in [3.63, 3.8) is 0 Å². The van der Waals surface area contributed by atoms with Crippen LogP contribution < -0.4 is 0 Å². The first-order valence-corrected chi connectivity index (χ1v) is 22.1. The summed E-state index contributed by atoms with van der Waals surface area (Å²) in [7, 11) is -5.05. The van der Waals surface area contributed by atoms with Gasteiger partial charge in [0.05, 0.1) is 19.8 Å². The smallest absolute Gasteiger partial charge is 0.397 e. The van der Waals surface area contributed by atoms with E-state index >= 15 is 0 Å². The summed E-state index contributed by atoms with van der Waals surface area (Å²) in [5.74, 6) is -0.433. The van der Waals surface area contributed by atoms with Crippen molar-refractivity contribution in [3.8, 4) is 0 Å². The highest BCUT2D eigenvalue weighted by Crippen LogP contribution is 2.26. The normalized spacial score (nSPS) is 21.6. The van der Waals surface area contributed by atoms with E-state index in [2.05, 4.69) is 84.0 Å². The number of carbonyl (C=O) groups is 1. The Kier molecular flexibility index (Phi) is 31.8. The van der Waals surface area contributed by atoms with Gasteiger partial charge < -0.3 is 34.3 Å². The predicted molar refractivity (Wildman–Crippen MR) is 220 cm³/mol. The lowest BCUT2D eigenvalue weighted by Gasteiger charge is -2.41. The Bertz CT molecular complexity index is 1260. The summed E-state index contributed by atoms with van der Waals surface area (Å²) < 4.78 is 58.4. The fourth-order valence-corrected chi connectivity index (χ4v) is 6.24. The van der Waals surface area contributed by atoms with E-state index in [-0.39, 0.29) is 19.6 Å². The Balaban J connectivity index is 2.23. The average Bonchev–Trinajstić information content (AvgIpc) is 3.16. The molecule has 4 N–H and O–H groups in total. The second-order valence-electron chi connectivity index (χ2n) is 13.9. The molecule has 0 spiro atoms. The molecule has 1 aliphatic heterocycles. The second kappa shape index (κ2) is 34.6. The fraction of sp³-hybridized carbons (Fsp3) is 0.698. The number of hydrogen-bond acceptors (Lipinski definition) is 11. The minimum atomic E-state index is -5.05. The van der Waals surface area contributed by atoms with E-state index in [1.165, 1.54) is 19.3 Å². The number of aliphatic hydroxyl groups excluding tert-OH is 3. The van der Waals surface area contributed by atoms with Crippen molar-refractivity contribution >= 4 is 16.4 Å². The van der Waals surface area contributed by atoms with Gasteiger partial charge in [-0.1, -0.05) is 132 Å². The Hall–Kier alpha value is -2.46. The van der Waals surface area contributed by atoms with Crippen LogP contribution in [0.15, 0.2) is 72.9 Å². The number of aliphatic hydroxyl groups is 3. The van der Waals surface area contributed by atoms with Crippen molar-refractivity contribution in [3.05, 3.63) is 72.9 Å². The Labute approximate surface area is 337 Å². The SMILES string of the molecule is CC/C=C\C/C=C\C/C=C\C/C=C\C/C=C\C/C=C\CCCCCCCCCOCC(COC1OC(CO)C(O)C(OS(=O)(=O)O)C1O)OC(=O)CCCCC. The van der Waals surface area contributed by atoms with Crippen molar-refractivity contribution in [1.29, 1.82) is 0 Å². The minimum absolute atomic E-state index is 0.0218. The Morgan fingerprint density at radius 2 is 1.23 bits per heavy atom. The molecule has 0 aliphatic carbocycles. The predicted octanol–water partition coefficient (Wildman–Crippen LogP) is 7.96. The van der Waals surface area contributed by atoms with Crippen molar-refractivity contribution in [2.75, 3.05) is 26.4 Å². The third-order valence-electron chi connectivity index (χ3n) is 8.84. The van der Waals surface area contributed by atoms with Gasteiger partial charge in [0.2, 0.25) is 0 Å². The summed E-state index contributed by atoms with van der Waals surface area (Å²) in [5, 5.41) is 30.4. The van der Waals surface area contributed by atoms with Crippen molar-refractivity contribution in [1.82, 2.24) is 0 Å². The van der Waals surface area contributed by atoms with E-state index in [4.69, 9.17) is 23.5 Å². The summed E-state index contributed by atoms with van der Waals surface area (Å²) in [4.78, 5) is 12.4. The molecule has 0 aromatic carbocycles. The van der Waals surface area contributed by atoms with E-state index < -0.39 is 59.8 Å². The number of allylic oxidation sites excluding steroid dienone is 12. The molecule has 0 aromatic rings. The largest absolute Gasteiger partial charge is 0.457 e. The summed E-state index contributed by atoms with van der Waals surface area (Å²) in [6.07, 6.45) is 34.8. The molecular weight excluding hydrogens is 741 g/mol. The molecule has 322 valence electrons. The molecule has 1 saturated heterocycles. The third-order valence-corrected chi connectivity index (χ3v) is 9.31. The van der Waals surface area contributed by atoms with E-state index in [0.717, 1.165) is 83.5 Å². The lowest BCUT2D eigenvalue weighted by Crippen LogP contribution is -2.60. The summed E-state index contributed by atoms with van der Waals surface area (Å²) >= 11 is 0. The molecule has 1 fully saturated rings. The van der Waals surface area contributed by atoms with Crippen LogP contribution in [0.4, 0.5) is 0 Å². The lowest BCUT2D eigenvalue weighted by molar-refractivity contribution is -0.301. The standard InChI is InChI=1S/C43H72O12S/c1-3-5-7-8-9-10-11-12-13-14-15-16-17-18-19-20-21-22-23-24-25-26-27-28-29-31-33-51-35-37(53-39(45)32-30-6-4-2)36-52-43-41(47)42(55-56(48,49)50)40(46)38(34-44)54-43/h5,7,9-10,12-13,15-16,18-19,21-22,37-38,40-44,46-47H,3-4,6,8,11,14,17,20,23-36H2,1-2H3,(H,48,49,50)/b7-5-,10-9-,13-12-,16-15-,19-18-,22-21-. The maximum absolute atomic E-state index is 12.4.